The third kappa shape index (κ3) is 5.93. The maximum absolute atomic E-state index is 12.2. The Bertz CT molecular complexity index is 854. The van der Waals surface area contributed by atoms with Gasteiger partial charge in [0.05, 0.1) is 18.6 Å². The average Bonchev–Trinajstić information content (AvgIpc) is 2.58. The standard InChI is InChI=1S/C18H21ClN2O4S/c1-3-25-17-9-7-14(8-10-17)12-20-18(22)13-21(26(2,23)24)16-6-4-5-15(19)11-16/h4-11H,3,12-13H2,1-2H3,(H,20,22). The first-order valence-electron chi connectivity index (χ1n) is 8.01. The van der Waals surface area contributed by atoms with Crippen molar-refractivity contribution >= 4 is 33.2 Å². The summed E-state index contributed by atoms with van der Waals surface area (Å²) in [5.41, 5.74) is 1.23. The van der Waals surface area contributed by atoms with E-state index in [0.717, 1.165) is 21.9 Å². The van der Waals surface area contributed by atoms with Crippen LogP contribution in [0.5, 0.6) is 5.75 Å². The number of amides is 1. The van der Waals surface area contributed by atoms with Crippen molar-refractivity contribution in [2.45, 2.75) is 13.5 Å². The van der Waals surface area contributed by atoms with Gasteiger partial charge in [-0.15, -0.1) is 0 Å². The fourth-order valence-corrected chi connectivity index (χ4v) is 3.32. The van der Waals surface area contributed by atoms with E-state index < -0.39 is 15.9 Å². The molecule has 2 aromatic carbocycles. The number of ether oxygens (including phenoxy) is 1. The number of hydrogen-bond acceptors (Lipinski definition) is 4. The first kappa shape index (κ1) is 20.1. The van der Waals surface area contributed by atoms with Crippen LogP contribution in [0, 0.1) is 0 Å². The third-order valence-corrected chi connectivity index (χ3v) is 4.88. The van der Waals surface area contributed by atoms with E-state index in [9.17, 15) is 13.2 Å². The number of anilines is 1. The number of carbonyl (C=O) groups is 1. The van der Waals surface area contributed by atoms with Crippen LogP contribution < -0.4 is 14.4 Å². The van der Waals surface area contributed by atoms with E-state index in [1.54, 1.807) is 18.2 Å². The maximum atomic E-state index is 12.2. The summed E-state index contributed by atoms with van der Waals surface area (Å²) >= 11 is 5.92. The summed E-state index contributed by atoms with van der Waals surface area (Å²) in [6.45, 7) is 2.46. The zero-order valence-electron chi connectivity index (χ0n) is 14.6. The molecule has 0 saturated carbocycles. The predicted molar refractivity (Wildman–Crippen MR) is 103 cm³/mol. The lowest BCUT2D eigenvalue weighted by molar-refractivity contribution is -0.119. The molecule has 0 heterocycles. The lowest BCUT2D eigenvalue weighted by Gasteiger charge is -2.22. The molecule has 0 radical (unpaired) electrons. The Labute approximate surface area is 158 Å². The molecule has 140 valence electrons. The van der Waals surface area contributed by atoms with Gasteiger partial charge in [0.1, 0.15) is 12.3 Å². The van der Waals surface area contributed by atoms with Gasteiger partial charge < -0.3 is 10.1 Å². The monoisotopic (exact) mass is 396 g/mol. The molecule has 0 aromatic heterocycles. The summed E-state index contributed by atoms with van der Waals surface area (Å²) in [5, 5.41) is 3.11. The van der Waals surface area contributed by atoms with Crippen LogP contribution in [0.25, 0.3) is 0 Å². The summed E-state index contributed by atoms with van der Waals surface area (Å²) in [4.78, 5) is 12.2. The van der Waals surface area contributed by atoms with Gasteiger partial charge in [-0.2, -0.15) is 0 Å². The molecule has 0 aliphatic carbocycles. The van der Waals surface area contributed by atoms with E-state index in [-0.39, 0.29) is 6.54 Å². The van der Waals surface area contributed by atoms with Crippen molar-refractivity contribution in [3.63, 3.8) is 0 Å². The molecule has 0 aliphatic rings. The minimum atomic E-state index is -3.63. The van der Waals surface area contributed by atoms with E-state index in [1.807, 2.05) is 31.2 Å². The van der Waals surface area contributed by atoms with Crippen molar-refractivity contribution in [1.82, 2.24) is 5.32 Å². The van der Waals surface area contributed by atoms with Gasteiger partial charge >= 0.3 is 0 Å². The van der Waals surface area contributed by atoms with Crippen LogP contribution in [-0.4, -0.2) is 33.7 Å². The van der Waals surface area contributed by atoms with Crippen molar-refractivity contribution in [1.29, 1.82) is 0 Å². The minimum absolute atomic E-state index is 0.290. The molecule has 0 aliphatic heterocycles. The highest BCUT2D eigenvalue weighted by atomic mass is 35.5. The molecule has 6 nitrogen and oxygen atoms in total. The number of nitrogens with one attached hydrogen (secondary N) is 1. The number of carbonyl (C=O) groups excluding carboxylic acids is 1. The summed E-state index contributed by atoms with van der Waals surface area (Å²) in [6.07, 6.45) is 1.05. The normalized spacial score (nSPS) is 11.0. The maximum Gasteiger partial charge on any atom is 0.241 e. The fraction of sp³-hybridized carbons (Fsp3) is 0.278. The smallest absolute Gasteiger partial charge is 0.241 e. The van der Waals surface area contributed by atoms with Crippen LogP contribution in [0.15, 0.2) is 48.5 Å². The van der Waals surface area contributed by atoms with Crippen LogP contribution in [0.1, 0.15) is 12.5 Å². The van der Waals surface area contributed by atoms with Gasteiger partial charge in [-0.1, -0.05) is 29.8 Å². The molecule has 0 saturated heterocycles. The van der Waals surface area contributed by atoms with E-state index in [2.05, 4.69) is 5.32 Å². The zero-order valence-corrected chi connectivity index (χ0v) is 16.2. The minimum Gasteiger partial charge on any atom is -0.494 e. The molecule has 2 rings (SSSR count). The molecule has 0 fully saturated rings. The summed E-state index contributed by atoms with van der Waals surface area (Å²) in [5.74, 6) is 0.344. The molecule has 26 heavy (non-hydrogen) atoms. The summed E-state index contributed by atoms with van der Waals surface area (Å²) < 4.78 is 30.5. The van der Waals surface area contributed by atoms with Gasteiger partial charge in [0.15, 0.2) is 0 Å². The summed E-state index contributed by atoms with van der Waals surface area (Å²) in [7, 11) is -3.63. The quantitative estimate of drug-likeness (QED) is 0.744. The average molecular weight is 397 g/mol. The van der Waals surface area contributed by atoms with Crippen LogP contribution in [0.2, 0.25) is 5.02 Å². The van der Waals surface area contributed by atoms with Gasteiger partial charge in [-0.05, 0) is 42.8 Å². The predicted octanol–water partition coefficient (Wildman–Crippen LogP) is 2.82. The van der Waals surface area contributed by atoms with E-state index >= 15 is 0 Å². The number of halogens is 1. The second-order valence-electron chi connectivity index (χ2n) is 5.60. The van der Waals surface area contributed by atoms with Gasteiger partial charge in [0.2, 0.25) is 15.9 Å². The molecular formula is C18H21ClN2O4S. The molecule has 1 N–H and O–H groups in total. The van der Waals surface area contributed by atoms with Crippen molar-refractivity contribution in [2.24, 2.45) is 0 Å². The molecule has 0 bridgehead atoms. The first-order chi connectivity index (χ1) is 12.3. The number of hydrogen-bond donors (Lipinski definition) is 1. The lowest BCUT2D eigenvalue weighted by Crippen LogP contribution is -2.40. The lowest BCUT2D eigenvalue weighted by atomic mass is 10.2. The number of rotatable bonds is 8. The Hall–Kier alpha value is -2.25. The third-order valence-electron chi connectivity index (χ3n) is 3.51. The first-order valence-corrected chi connectivity index (χ1v) is 10.2. The number of benzene rings is 2. The van der Waals surface area contributed by atoms with Crippen LogP contribution >= 0.6 is 11.6 Å². The Balaban J connectivity index is 2.01. The van der Waals surface area contributed by atoms with Crippen molar-refractivity contribution < 1.29 is 17.9 Å². The second-order valence-corrected chi connectivity index (χ2v) is 7.95. The molecule has 0 atom stereocenters. The SMILES string of the molecule is CCOc1ccc(CNC(=O)CN(c2cccc(Cl)c2)S(C)(=O)=O)cc1. The molecule has 8 heteroatoms. The molecule has 2 aromatic rings. The fourth-order valence-electron chi connectivity index (χ4n) is 2.29. The zero-order chi connectivity index (χ0) is 19.2. The molecule has 1 amide bonds. The van der Waals surface area contributed by atoms with E-state index in [1.165, 1.54) is 6.07 Å². The summed E-state index contributed by atoms with van der Waals surface area (Å²) in [6, 6.07) is 13.7. The Morgan fingerprint density at radius 2 is 1.88 bits per heavy atom. The van der Waals surface area contributed by atoms with Crippen molar-refractivity contribution in [2.75, 3.05) is 23.7 Å². The topological polar surface area (TPSA) is 75.7 Å². The highest BCUT2D eigenvalue weighted by molar-refractivity contribution is 7.92. The highest BCUT2D eigenvalue weighted by Gasteiger charge is 2.20. The van der Waals surface area contributed by atoms with Crippen LogP contribution in [0.3, 0.4) is 0 Å². The molecule has 0 unspecified atom stereocenters. The number of nitrogens with zero attached hydrogens (tertiary/aromatic N) is 1. The van der Waals surface area contributed by atoms with Crippen molar-refractivity contribution in [3.05, 3.63) is 59.1 Å². The molecular weight excluding hydrogens is 376 g/mol. The van der Waals surface area contributed by atoms with E-state index in [4.69, 9.17) is 16.3 Å². The largest absolute Gasteiger partial charge is 0.494 e. The van der Waals surface area contributed by atoms with Gasteiger partial charge in [0.25, 0.3) is 0 Å². The van der Waals surface area contributed by atoms with Crippen molar-refractivity contribution in [3.8, 4) is 5.75 Å². The van der Waals surface area contributed by atoms with Gasteiger partial charge in [-0.3, -0.25) is 9.10 Å². The Kier molecular flexibility index (Phi) is 6.88. The Morgan fingerprint density at radius 1 is 1.19 bits per heavy atom. The van der Waals surface area contributed by atoms with Crippen LogP contribution in [0.4, 0.5) is 5.69 Å². The molecule has 0 spiro atoms. The Morgan fingerprint density at radius 3 is 2.46 bits per heavy atom. The highest BCUT2D eigenvalue weighted by Crippen LogP contribution is 2.21. The van der Waals surface area contributed by atoms with E-state index in [0.29, 0.717) is 23.9 Å². The van der Waals surface area contributed by atoms with Gasteiger partial charge in [0, 0.05) is 11.6 Å². The number of sulfonamides is 1. The van der Waals surface area contributed by atoms with Crippen LogP contribution in [-0.2, 0) is 21.4 Å². The second kappa shape index (κ2) is 8.91. The van der Waals surface area contributed by atoms with Gasteiger partial charge in [-0.25, -0.2) is 8.42 Å².